The number of fused-ring (bicyclic) bond motifs is 1. The fourth-order valence-electron chi connectivity index (χ4n) is 2.65. The average Bonchev–Trinajstić information content (AvgIpc) is 3.05. The van der Waals surface area contributed by atoms with Gasteiger partial charge in [-0.05, 0) is 31.2 Å². The van der Waals surface area contributed by atoms with E-state index in [0.29, 0.717) is 28.2 Å². The summed E-state index contributed by atoms with van der Waals surface area (Å²) in [5.41, 5.74) is 1.20. The Morgan fingerprint density at radius 2 is 1.93 bits per heavy atom. The summed E-state index contributed by atoms with van der Waals surface area (Å²) >= 11 is 0.963. The molecule has 148 valence electrons. The third-order valence-electron chi connectivity index (χ3n) is 4.07. The van der Waals surface area contributed by atoms with Gasteiger partial charge in [-0.2, -0.15) is 8.78 Å². The summed E-state index contributed by atoms with van der Waals surface area (Å²) in [6.45, 7) is -1.13. The van der Waals surface area contributed by atoms with E-state index in [9.17, 15) is 13.6 Å². The highest BCUT2D eigenvalue weighted by molar-refractivity contribution is 8.00. The number of thioether (sulfide) groups is 1. The van der Waals surface area contributed by atoms with Crippen LogP contribution in [-0.4, -0.2) is 34.9 Å². The average molecular weight is 407 g/mol. The molecule has 1 N–H and O–H groups in total. The minimum absolute atomic E-state index is 0.0801. The molecule has 0 fully saturated rings. The van der Waals surface area contributed by atoms with E-state index in [1.54, 1.807) is 49.4 Å². The number of ether oxygens (including phenoxy) is 2. The van der Waals surface area contributed by atoms with Crippen LogP contribution in [0.4, 0.5) is 14.5 Å². The Kier molecular flexibility index (Phi) is 6.03. The quantitative estimate of drug-likeness (QED) is 0.582. The third kappa shape index (κ3) is 4.04. The maximum Gasteiger partial charge on any atom is 0.321 e. The largest absolute Gasteiger partial charge is 0.497 e. The van der Waals surface area contributed by atoms with Gasteiger partial charge in [-0.1, -0.05) is 23.9 Å². The number of nitrogens with zero attached hydrogens (tertiary/aromatic N) is 2. The molecule has 0 bridgehead atoms. The van der Waals surface area contributed by atoms with Gasteiger partial charge < -0.3 is 14.8 Å². The SMILES string of the molecule is COc1ccc(OC)c(NC(=O)C(C)Sc2nc3ccccc3n2C(F)F)c1. The molecule has 9 heteroatoms. The molecule has 1 atom stereocenters. The van der Waals surface area contributed by atoms with Crippen LogP contribution in [0.2, 0.25) is 0 Å². The predicted molar refractivity (Wildman–Crippen MR) is 104 cm³/mol. The number of carbonyl (C=O) groups is 1. The molecule has 1 unspecified atom stereocenters. The van der Waals surface area contributed by atoms with Crippen LogP contribution in [0.1, 0.15) is 13.5 Å². The first-order chi connectivity index (χ1) is 13.4. The summed E-state index contributed by atoms with van der Waals surface area (Å²) in [5, 5.41) is 2.15. The predicted octanol–water partition coefficient (Wildman–Crippen LogP) is 4.57. The smallest absolute Gasteiger partial charge is 0.321 e. The van der Waals surface area contributed by atoms with Gasteiger partial charge in [0.15, 0.2) is 5.16 Å². The first-order valence-corrected chi connectivity index (χ1v) is 9.27. The fourth-order valence-corrected chi connectivity index (χ4v) is 3.58. The van der Waals surface area contributed by atoms with Crippen molar-refractivity contribution in [1.82, 2.24) is 9.55 Å². The Morgan fingerprint density at radius 1 is 1.18 bits per heavy atom. The minimum Gasteiger partial charge on any atom is -0.497 e. The molecule has 28 heavy (non-hydrogen) atoms. The number of aromatic nitrogens is 2. The number of carbonyl (C=O) groups excluding carboxylic acids is 1. The van der Waals surface area contributed by atoms with Crippen LogP contribution in [0.5, 0.6) is 11.5 Å². The molecule has 0 aliphatic rings. The molecular weight excluding hydrogens is 388 g/mol. The zero-order valence-corrected chi connectivity index (χ0v) is 16.3. The van der Waals surface area contributed by atoms with Crippen LogP contribution >= 0.6 is 11.8 Å². The van der Waals surface area contributed by atoms with Gasteiger partial charge in [0.05, 0.1) is 36.2 Å². The second-order valence-corrected chi connectivity index (χ2v) is 7.15. The molecule has 1 heterocycles. The number of methoxy groups -OCH3 is 2. The van der Waals surface area contributed by atoms with E-state index in [0.717, 1.165) is 16.3 Å². The summed E-state index contributed by atoms with van der Waals surface area (Å²) in [7, 11) is 3.00. The molecule has 2 aromatic carbocycles. The molecule has 0 aliphatic heterocycles. The van der Waals surface area contributed by atoms with Crippen LogP contribution in [0, 0.1) is 0 Å². The van der Waals surface area contributed by atoms with E-state index in [4.69, 9.17) is 9.47 Å². The highest BCUT2D eigenvalue weighted by Crippen LogP contribution is 2.33. The Morgan fingerprint density at radius 3 is 2.61 bits per heavy atom. The number of hydrogen-bond acceptors (Lipinski definition) is 5. The molecule has 0 saturated carbocycles. The number of hydrogen-bond donors (Lipinski definition) is 1. The summed E-state index contributed by atoms with van der Waals surface area (Å²) in [4.78, 5) is 16.9. The van der Waals surface area contributed by atoms with E-state index in [-0.39, 0.29) is 11.1 Å². The first kappa shape index (κ1) is 19.9. The number of anilines is 1. The van der Waals surface area contributed by atoms with Gasteiger partial charge in [-0.3, -0.25) is 9.36 Å². The van der Waals surface area contributed by atoms with Gasteiger partial charge in [0.25, 0.3) is 0 Å². The zero-order valence-electron chi connectivity index (χ0n) is 15.5. The van der Waals surface area contributed by atoms with Crippen molar-refractivity contribution in [2.45, 2.75) is 23.9 Å². The zero-order chi connectivity index (χ0) is 20.3. The van der Waals surface area contributed by atoms with Gasteiger partial charge in [0, 0.05) is 6.07 Å². The molecular formula is C19H19F2N3O3S. The monoisotopic (exact) mass is 407 g/mol. The molecule has 0 aliphatic carbocycles. The third-order valence-corrected chi connectivity index (χ3v) is 5.14. The molecule has 0 spiro atoms. The Balaban J connectivity index is 1.82. The van der Waals surface area contributed by atoms with Crippen molar-refractivity contribution in [1.29, 1.82) is 0 Å². The molecule has 0 radical (unpaired) electrons. The van der Waals surface area contributed by atoms with E-state index < -0.39 is 11.8 Å². The van der Waals surface area contributed by atoms with Crippen molar-refractivity contribution in [3.05, 3.63) is 42.5 Å². The molecule has 3 aromatic rings. The van der Waals surface area contributed by atoms with Crippen LogP contribution in [0.15, 0.2) is 47.6 Å². The summed E-state index contributed by atoms with van der Waals surface area (Å²) < 4.78 is 38.3. The second-order valence-electron chi connectivity index (χ2n) is 5.85. The van der Waals surface area contributed by atoms with Crippen molar-refractivity contribution < 1.29 is 23.0 Å². The van der Waals surface area contributed by atoms with Gasteiger partial charge in [-0.25, -0.2) is 4.98 Å². The van der Waals surface area contributed by atoms with E-state index >= 15 is 0 Å². The van der Waals surface area contributed by atoms with Gasteiger partial charge in [0.2, 0.25) is 5.91 Å². The number of halogens is 2. The normalized spacial score (nSPS) is 12.2. The lowest BCUT2D eigenvalue weighted by Crippen LogP contribution is -2.23. The van der Waals surface area contributed by atoms with Crippen molar-refractivity contribution in [3.63, 3.8) is 0 Å². The standard InChI is InChI=1S/C19H19F2N3O3S/c1-11(17(25)22-14-10-12(26-2)8-9-16(14)27-3)28-19-23-13-6-4-5-7-15(13)24(19)18(20)21/h4-11,18H,1-3H3,(H,22,25). The van der Waals surface area contributed by atoms with Crippen LogP contribution < -0.4 is 14.8 Å². The topological polar surface area (TPSA) is 65.4 Å². The van der Waals surface area contributed by atoms with Crippen LogP contribution in [-0.2, 0) is 4.79 Å². The number of imidazole rings is 1. The summed E-state index contributed by atoms with van der Waals surface area (Å²) in [5.74, 6) is 0.645. The van der Waals surface area contributed by atoms with Crippen molar-refractivity contribution >= 4 is 34.4 Å². The molecule has 3 rings (SSSR count). The number of nitrogens with one attached hydrogen (secondary N) is 1. The number of para-hydroxylation sites is 2. The number of alkyl halides is 2. The lowest BCUT2D eigenvalue weighted by molar-refractivity contribution is -0.115. The maximum atomic E-state index is 13.5. The Labute approximate surface area is 164 Å². The lowest BCUT2D eigenvalue weighted by atomic mass is 10.2. The van der Waals surface area contributed by atoms with Crippen molar-refractivity contribution in [3.8, 4) is 11.5 Å². The Hall–Kier alpha value is -2.81. The van der Waals surface area contributed by atoms with Crippen molar-refractivity contribution in [2.24, 2.45) is 0 Å². The molecule has 1 amide bonds. The molecule has 0 saturated heterocycles. The number of benzene rings is 2. The summed E-state index contributed by atoms with van der Waals surface area (Å²) in [6.07, 6.45) is 0. The lowest BCUT2D eigenvalue weighted by Gasteiger charge is -2.15. The van der Waals surface area contributed by atoms with Crippen molar-refractivity contribution in [2.75, 3.05) is 19.5 Å². The Bertz CT molecular complexity index is 994. The molecule has 1 aromatic heterocycles. The van der Waals surface area contributed by atoms with Gasteiger partial charge >= 0.3 is 6.55 Å². The maximum absolute atomic E-state index is 13.5. The number of rotatable bonds is 7. The number of amides is 1. The highest BCUT2D eigenvalue weighted by Gasteiger charge is 2.23. The van der Waals surface area contributed by atoms with Crippen LogP contribution in [0.25, 0.3) is 11.0 Å². The van der Waals surface area contributed by atoms with E-state index in [1.165, 1.54) is 14.2 Å². The van der Waals surface area contributed by atoms with E-state index in [2.05, 4.69) is 10.3 Å². The van der Waals surface area contributed by atoms with Crippen LogP contribution in [0.3, 0.4) is 0 Å². The van der Waals surface area contributed by atoms with Gasteiger partial charge in [-0.15, -0.1) is 0 Å². The first-order valence-electron chi connectivity index (χ1n) is 8.39. The van der Waals surface area contributed by atoms with Gasteiger partial charge in [0.1, 0.15) is 11.5 Å². The molecule has 6 nitrogen and oxygen atoms in total. The highest BCUT2D eigenvalue weighted by atomic mass is 32.2. The summed E-state index contributed by atoms with van der Waals surface area (Å²) in [6, 6.07) is 11.6. The minimum atomic E-state index is -2.76. The van der Waals surface area contributed by atoms with E-state index in [1.807, 2.05) is 0 Å². The fraction of sp³-hybridized carbons (Fsp3) is 0.263. The second kappa shape index (κ2) is 8.47.